The summed E-state index contributed by atoms with van der Waals surface area (Å²) >= 11 is 0. The van der Waals surface area contributed by atoms with Crippen LogP contribution in [0, 0.1) is 0 Å². The maximum atomic E-state index is 10.5. The molecular formula is C23H28N2O8. The molecule has 2 aromatic rings. The van der Waals surface area contributed by atoms with Gasteiger partial charge in [-0.15, -0.1) is 0 Å². The zero-order chi connectivity index (χ0) is 24.8. The van der Waals surface area contributed by atoms with Crippen LogP contribution >= 0.6 is 0 Å². The van der Waals surface area contributed by atoms with Gasteiger partial charge in [0.1, 0.15) is 11.5 Å². The Hall–Kier alpha value is -3.89. The maximum absolute atomic E-state index is 10.5. The van der Waals surface area contributed by atoms with Crippen molar-refractivity contribution in [2.75, 3.05) is 19.0 Å². The number of aliphatic hydroxyl groups excluding tert-OH is 1. The van der Waals surface area contributed by atoms with Gasteiger partial charge in [0.25, 0.3) is 0 Å². The number of methoxy groups -OCH3 is 1. The number of carboxylic acid groups (broad SMARTS) is 2. The summed E-state index contributed by atoms with van der Waals surface area (Å²) < 4.78 is 5.14. The number of hydrogen-bond donors (Lipinski definition) is 6. The lowest BCUT2D eigenvalue weighted by molar-refractivity contribution is -0.134. The number of carbonyl (C=O) groups excluding carboxylic acids is 1. The molecule has 0 aliphatic heterocycles. The Kier molecular flexibility index (Phi) is 11.7. The minimum atomic E-state index is -1.26. The molecule has 2 aromatic carbocycles. The van der Waals surface area contributed by atoms with Crippen molar-refractivity contribution in [1.82, 2.24) is 5.32 Å². The molecule has 2 unspecified atom stereocenters. The summed E-state index contributed by atoms with van der Waals surface area (Å²) in [4.78, 5) is 29.6. The number of hydrogen-bond acceptors (Lipinski definition) is 7. The molecule has 2 rings (SSSR count). The summed E-state index contributed by atoms with van der Waals surface area (Å²) in [6, 6.07) is 12.7. The van der Waals surface area contributed by atoms with Gasteiger partial charge in [0.05, 0.1) is 18.9 Å². The van der Waals surface area contributed by atoms with Crippen molar-refractivity contribution in [1.29, 1.82) is 0 Å². The number of carboxylic acids is 2. The fraction of sp³-hybridized carbons (Fsp3) is 0.261. The van der Waals surface area contributed by atoms with Gasteiger partial charge in [0.15, 0.2) is 0 Å². The molecule has 6 N–H and O–H groups in total. The van der Waals surface area contributed by atoms with E-state index in [0.717, 1.165) is 12.2 Å². The highest BCUT2D eigenvalue weighted by molar-refractivity contribution is 5.89. The van der Waals surface area contributed by atoms with Crippen LogP contribution < -0.4 is 15.4 Å². The number of anilines is 1. The molecule has 0 aliphatic carbocycles. The maximum Gasteiger partial charge on any atom is 0.328 e. The normalized spacial score (nSPS) is 12.2. The van der Waals surface area contributed by atoms with Crippen LogP contribution in [0.15, 0.2) is 54.6 Å². The van der Waals surface area contributed by atoms with Crippen LogP contribution in [-0.4, -0.2) is 58.5 Å². The fourth-order valence-corrected chi connectivity index (χ4v) is 2.70. The molecule has 1 amide bonds. The average Bonchev–Trinajstić information content (AvgIpc) is 2.78. The first-order valence-corrected chi connectivity index (χ1v) is 9.87. The first-order chi connectivity index (χ1) is 15.7. The Bertz CT molecular complexity index is 928. The number of carbonyl (C=O) groups is 3. The molecular weight excluding hydrogens is 432 g/mol. The van der Waals surface area contributed by atoms with Crippen LogP contribution in [0.1, 0.15) is 24.2 Å². The van der Waals surface area contributed by atoms with E-state index in [0.29, 0.717) is 30.7 Å². The van der Waals surface area contributed by atoms with Gasteiger partial charge < -0.3 is 35.8 Å². The van der Waals surface area contributed by atoms with Crippen LogP contribution in [0.2, 0.25) is 0 Å². The highest BCUT2D eigenvalue weighted by Crippen LogP contribution is 2.26. The lowest BCUT2D eigenvalue weighted by Crippen LogP contribution is -2.32. The van der Waals surface area contributed by atoms with E-state index >= 15 is 0 Å². The largest absolute Gasteiger partial charge is 0.506 e. The summed E-state index contributed by atoms with van der Waals surface area (Å²) in [5.41, 5.74) is 2.07. The van der Waals surface area contributed by atoms with Gasteiger partial charge in [-0.1, -0.05) is 18.2 Å². The standard InChI is InChI=1S/C19H24N2O4.C4H4O4/c1-13(9-14-3-6-16(25-2)7-4-14)20-11-19(24)15-5-8-18(23)17(10-15)21-12-22;5-3(6)1-2-4(7)8/h3-8,10,12-13,19-20,23-24H,9,11H2,1-2H3,(H,21,22);1-2H,(H,5,6)(H,7,8). The van der Waals surface area contributed by atoms with Gasteiger partial charge in [-0.2, -0.15) is 0 Å². The molecule has 0 aliphatic rings. The number of ether oxygens (including phenoxy) is 1. The molecule has 0 fully saturated rings. The van der Waals surface area contributed by atoms with E-state index in [1.165, 1.54) is 11.6 Å². The summed E-state index contributed by atoms with van der Waals surface area (Å²) in [5.74, 6) is -1.73. The van der Waals surface area contributed by atoms with E-state index in [-0.39, 0.29) is 17.5 Å². The zero-order valence-corrected chi connectivity index (χ0v) is 18.3. The summed E-state index contributed by atoms with van der Waals surface area (Å²) in [5, 5.41) is 41.3. The quantitative estimate of drug-likeness (QED) is 0.167. The van der Waals surface area contributed by atoms with Gasteiger partial charge in [-0.3, -0.25) is 4.79 Å². The van der Waals surface area contributed by atoms with Crippen LogP contribution in [0.3, 0.4) is 0 Å². The van der Waals surface area contributed by atoms with Crippen molar-refractivity contribution < 1.29 is 39.5 Å². The van der Waals surface area contributed by atoms with Crippen molar-refractivity contribution in [3.63, 3.8) is 0 Å². The second-order valence-corrected chi connectivity index (χ2v) is 6.93. The molecule has 0 aromatic heterocycles. The smallest absolute Gasteiger partial charge is 0.328 e. The number of phenolic OH excluding ortho intramolecular Hbond substituents is 1. The monoisotopic (exact) mass is 460 g/mol. The van der Waals surface area contributed by atoms with Crippen LogP contribution in [0.25, 0.3) is 0 Å². The topological polar surface area (TPSA) is 165 Å². The molecule has 0 heterocycles. The van der Waals surface area contributed by atoms with Crippen molar-refractivity contribution in [3.05, 3.63) is 65.7 Å². The predicted molar refractivity (Wildman–Crippen MR) is 121 cm³/mol. The minimum absolute atomic E-state index is 0.0381. The van der Waals surface area contributed by atoms with E-state index in [9.17, 15) is 24.6 Å². The number of aliphatic carboxylic acids is 2. The minimum Gasteiger partial charge on any atom is -0.506 e. The summed E-state index contributed by atoms with van der Waals surface area (Å²) in [7, 11) is 1.64. The van der Waals surface area contributed by atoms with Crippen LogP contribution in [-0.2, 0) is 20.8 Å². The molecule has 2 atom stereocenters. The highest BCUT2D eigenvalue weighted by atomic mass is 16.5. The van der Waals surface area contributed by atoms with E-state index in [2.05, 4.69) is 10.6 Å². The Morgan fingerprint density at radius 3 is 2.18 bits per heavy atom. The molecule has 10 nitrogen and oxygen atoms in total. The Balaban J connectivity index is 0.000000582. The number of rotatable bonds is 11. The van der Waals surface area contributed by atoms with Gasteiger partial charge in [0, 0.05) is 24.7 Å². The summed E-state index contributed by atoms with van der Waals surface area (Å²) in [6.07, 6.45) is 1.68. The molecule has 0 saturated heterocycles. The highest BCUT2D eigenvalue weighted by Gasteiger charge is 2.12. The first kappa shape index (κ1) is 27.1. The molecule has 178 valence electrons. The third-order valence-corrected chi connectivity index (χ3v) is 4.35. The SMILES string of the molecule is COc1ccc(CC(C)NCC(O)c2ccc(O)c(NC=O)c2)cc1.O=C(O)C=CC(=O)O. The van der Waals surface area contributed by atoms with Gasteiger partial charge in [-0.25, -0.2) is 9.59 Å². The van der Waals surface area contributed by atoms with Crippen molar-refractivity contribution in [2.24, 2.45) is 0 Å². The molecule has 0 spiro atoms. The fourth-order valence-electron chi connectivity index (χ4n) is 2.70. The Morgan fingerprint density at radius 1 is 1.06 bits per heavy atom. The third-order valence-electron chi connectivity index (χ3n) is 4.35. The molecule has 10 heteroatoms. The first-order valence-electron chi connectivity index (χ1n) is 9.87. The van der Waals surface area contributed by atoms with Gasteiger partial charge >= 0.3 is 11.9 Å². The number of amides is 1. The number of benzene rings is 2. The van der Waals surface area contributed by atoms with Crippen molar-refractivity contribution in [2.45, 2.75) is 25.5 Å². The van der Waals surface area contributed by atoms with E-state index in [1.54, 1.807) is 19.2 Å². The zero-order valence-electron chi connectivity index (χ0n) is 18.3. The lowest BCUT2D eigenvalue weighted by Gasteiger charge is -2.18. The molecule has 0 bridgehead atoms. The third kappa shape index (κ3) is 10.8. The molecule has 0 saturated carbocycles. The van der Waals surface area contributed by atoms with E-state index < -0.39 is 18.0 Å². The van der Waals surface area contributed by atoms with Crippen molar-refractivity contribution >= 4 is 24.0 Å². The second-order valence-electron chi connectivity index (χ2n) is 6.93. The number of aliphatic hydroxyl groups is 1. The van der Waals surface area contributed by atoms with E-state index in [1.807, 2.05) is 31.2 Å². The lowest BCUT2D eigenvalue weighted by atomic mass is 10.1. The summed E-state index contributed by atoms with van der Waals surface area (Å²) in [6.45, 7) is 2.41. The van der Waals surface area contributed by atoms with Crippen molar-refractivity contribution in [3.8, 4) is 11.5 Å². The predicted octanol–water partition coefficient (Wildman–Crippen LogP) is 1.94. The Morgan fingerprint density at radius 2 is 1.67 bits per heavy atom. The molecule has 33 heavy (non-hydrogen) atoms. The number of nitrogens with one attached hydrogen (secondary N) is 2. The second kappa shape index (κ2) is 14.2. The number of phenols is 1. The average molecular weight is 460 g/mol. The number of aromatic hydroxyl groups is 1. The van der Waals surface area contributed by atoms with Gasteiger partial charge in [0.2, 0.25) is 6.41 Å². The molecule has 0 radical (unpaired) electrons. The Labute approximate surface area is 191 Å². The van der Waals surface area contributed by atoms with Gasteiger partial charge in [-0.05, 0) is 48.7 Å². The van der Waals surface area contributed by atoms with Crippen LogP contribution in [0.5, 0.6) is 11.5 Å². The van der Waals surface area contributed by atoms with Crippen LogP contribution in [0.4, 0.5) is 5.69 Å². The van der Waals surface area contributed by atoms with E-state index in [4.69, 9.17) is 14.9 Å².